The van der Waals surface area contributed by atoms with Crippen molar-refractivity contribution in [2.24, 2.45) is 0 Å². The smallest absolute Gasteiger partial charge is 0.120 e. The number of rotatable bonds is 7. The molecule has 3 aromatic carbocycles. The van der Waals surface area contributed by atoms with Crippen molar-refractivity contribution in [2.45, 2.75) is 26.1 Å². The molecule has 0 amide bonds. The number of halogens is 2. The molecule has 2 nitrogen and oxygen atoms in total. The van der Waals surface area contributed by atoms with Crippen molar-refractivity contribution in [3.8, 4) is 5.75 Å². The van der Waals surface area contributed by atoms with Crippen LogP contribution in [0.3, 0.4) is 0 Å². The van der Waals surface area contributed by atoms with Crippen LogP contribution in [0.4, 0.5) is 0 Å². The summed E-state index contributed by atoms with van der Waals surface area (Å²) in [6.07, 6.45) is 0. The van der Waals surface area contributed by atoms with Crippen LogP contribution in [0.5, 0.6) is 5.75 Å². The molecule has 0 heterocycles. The van der Waals surface area contributed by atoms with Crippen molar-refractivity contribution >= 4 is 23.2 Å². The summed E-state index contributed by atoms with van der Waals surface area (Å²) in [6.45, 7) is 3.40. The van der Waals surface area contributed by atoms with Crippen molar-refractivity contribution in [1.82, 2.24) is 5.32 Å². The third kappa shape index (κ3) is 5.25. The Kier molecular flexibility index (Phi) is 6.56. The molecule has 26 heavy (non-hydrogen) atoms. The quantitative estimate of drug-likeness (QED) is 0.506. The van der Waals surface area contributed by atoms with Gasteiger partial charge in [0, 0.05) is 12.6 Å². The van der Waals surface area contributed by atoms with Gasteiger partial charge in [-0.05, 0) is 47.9 Å². The van der Waals surface area contributed by atoms with Crippen molar-refractivity contribution in [3.63, 3.8) is 0 Å². The van der Waals surface area contributed by atoms with Gasteiger partial charge in [0.1, 0.15) is 12.4 Å². The van der Waals surface area contributed by atoms with Gasteiger partial charge in [-0.2, -0.15) is 0 Å². The van der Waals surface area contributed by atoms with E-state index >= 15 is 0 Å². The van der Waals surface area contributed by atoms with Crippen LogP contribution in [-0.2, 0) is 13.2 Å². The van der Waals surface area contributed by atoms with Gasteiger partial charge >= 0.3 is 0 Å². The molecule has 0 bridgehead atoms. The van der Waals surface area contributed by atoms with E-state index in [2.05, 4.69) is 48.6 Å². The Bertz CT molecular complexity index is 852. The van der Waals surface area contributed by atoms with Gasteiger partial charge < -0.3 is 10.1 Å². The molecule has 1 atom stereocenters. The van der Waals surface area contributed by atoms with E-state index in [4.69, 9.17) is 27.9 Å². The van der Waals surface area contributed by atoms with E-state index in [9.17, 15) is 0 Å². The minimum Gasteiger partial charge on any atom is -0.489 e. The van der Waals surface area contributed by atoms with Crippen LogP contribution in [0.1, 0.15) is 29.7 Å². The van der Waals surface area contributed by atoms with Gasteiger partial charge in [-0.25, -0.2) is 0 Å². The molecule has 1 unspecified atom stereocenters. The molecule has 0 aliphatic heterocycles. The lowest BCUT2D eigenvalue weighted by atomic mass is 10.1. The lowest BCUT2D eigenvalue weighted by Crippen LogP contribution is -2.17. The summed E-state index contributed by atoms with van der Waals surface area (Å²) in [7, 11) is 0. The molecular formula is C22H21Cl2NO. The Morgan fingerprint density at radius 3 is 2.42 bits per heavy atom. The molecule has 134 valence electrons. The number of nitrogens with one attached hydrogen (secondary N) is 1. The van der Waals surface area contributed by atoms with Crippen LogP contribution >= 0.6 is 23.2 Å². The Balaban J connectivity index is 1.56. The minimum absolute atomic E-state index is 0.289. The standard InChI is InChI=1S/C22H21Cl2NO/c1-16(19-7-3-2-4-8-19)25-14-17-6-5-9-20(12-17)26-15-18-10-11-21(23)22(24)13-18/h2-13,16,25H,14-15H2,1H3. The second-order valence-electron chi connectivity index (χ2n) is 6.20. The predicted octanol–water partition coefficient (Wildman–Crippen LogP) is 6.42. The number of hydrogen-bond acceptors (Lipinski definition) is 2. The molecule has 0 aromatic heterocycles. The molecule has 3 aromatic rings. The molecular weight excluding hydrogens is 365 g/mol. The third-order valence-corrected chi connectivity index (χ3v) is 4.94. The molecule has 0 spiro atoms. The molecule has 0 aliphatic carbocycles. The molecule has 3 rings (SSSR count). The zero-order chi connectivity index (χ0) is 18.4. The first kappa shape index (κ1) is 18.8. The predicted molar refractivity (Wildman–Crippen MR) is 109 cm³/mol. The van der Waals surface area contributed by atoms with Gasteiger partial charge in [0.25, 0.3) is 0 Å². The Morgan fingerprint density at radius 1 is 0.846 bits per heavy atom. The zero-order valence-corrected chi connectivity index (χ0v) is 16.1. The van der Waals surface area contributed by atoms with Gasteiger partial charge in [0.05, 0.1) is 10.0 Å². The van der Waals surface area contributed by atoms with E-state index in [1.54, 1.807) is 6.07 Å². The van der Waals surface area contributed by atoms with Crippen molar-refractivity contribution < 1.29 is 4.74 Å². The van der Waals surface area contributed by atoms with Crippen LogP contribution in [0.25, 0.3) is 0 Å². The van der Waals surface area contributed by atoms with E-state index in [0.29, 0.717) is 16.7 Å². The summed E-state index contributed by atoms with van der Waals surface area (Å²) >= 11 is 12.0. The first-order valence-electron chi connectivity index (χ1n) is 8.56. The molecule has 0 aliphatic rings. The number of ether oxygens (including phenoxy) is 1. The highest BCUT2D eigenvalue weighted by atomic mass is 35.5. The van der Waals surface area contributed by atoms with Crippen molar-refractivity contribution in [1.29, 1.82) is 0 Å². The van der Waals surface area contributed by atoms with Crippen LogP contribution in [0.2, 0.25) is 10.0 Å². The maximum Gasteiger partial charge on any atom is 0.120 e. The van der Waals surface area contributed by atoms with Gasteiger partial charge in [0.2, 0.25) is 0 Å². The molecule has 4 heteroatoms. The average Bonchev–Trinajstić information content (AvgIpc) is 2.68. The third-order valence-electron chi connectivity index (χ3n) is 4.20. The first-order valence-corrected chi connectivity index (χ1v) is 9.31. The van der Waals surface area contributed by atoms with Crippen LogP contribution < -0.4 is 10.1 Å². The normalized spacial score (nSPS) is 12.0. The Labute approximate surface area is 164 Å². The summed E-state index contributed by atoms with van der Waals surface area (Å²) < 4.78 is 5.89. The van der Waals surface area contributed by atoms with E-state index in [-0.39, 0.29) is 6.04 Å². The highest BCUT2D eigenvalue weighted by Crippen LogP contribution is 2.24. The fraction of sp³-hybridized carbons (Fsp3) is 0.182. The molecule has 0 saturated heterocycles. The van der Waals surface area contributed by atoms with E-state index in [1.807, 2.05) is 30.3 Å². The number of hydrogen-bond donors (Lipinski definition) is 1. The molecule has 0 saturated carbocycles. The lowest BCUT2D eigenvalue weighted by Gasteiger charge is -2.15. The summed E-state index contributed by atoms with van der Waals surface area (Å²) in [4.78, 5) is 0. The van der Waals surface area contributed by atoms with Crippen molar-refractivity contribution in [2.75, 3.05) is 0 Å². The maximum absolute atomic E-state index is 6.05. The number of benzene rings is 3. The van der Waals surface area contributed by atoms with Gasteiger partial charge in [-0.3, -0.25) is 0 Å². The van der Waals surface area contributed by atoms with Crippen molar-refractivity contribution in [3.05, 3.63) is 99.5 Å². The molecule has 0 radical (unpaired) electrons. The topological polar surface area (TPSA) is 21.3 Å². The molecule has 1 N–H and O–H groups in total. The first-order chi connectivity index (χ1) is 12.6. The summed E-state index contributed by atoms with van der Waals surface area (Å²) in [5, 5.41) is 4.64. The van der Waals surface area contributed by atoms with Crippen LogP contribution in [0.15, 0.2) is 72.8 Å². The van der Waals surface area contributed by atoms with E-state index < -0.39 is 0 Å². The van der Waals surface area contributed by atoms with Crippen LogP contribution in [-0.4, -0.2) is 0 Å². The minimum atomic E-state index is 0.289. The SMILES string of the molecule is CC(NCc1cccc(OCc2ccc(Cl)c(Cl)c2)c1)c1ccccc1. The summed E-state index contributed by atoms with van der Waals surface area (Å²) in [5.74, 6) is 0.836. The Morgan fingerprint density at radius 2 is 1.65 bits per heavy atom. The van der Waals surface area contributed by atoms with E-state index in [0.717, 1.165) is 17.9 Å². The summed E-state index contributed by atoms with van der Waals surface area (Å²) in [5.41, 5.74) is 3.44. The summed E-state index contributed by atoms with van der Waals surface area (Å²) in [6, 6.07) is 24.4. The Hall–Kier alpha value is -2.00. The largest absolute Gasteiger partial charge is 0.489 e. The maximum atomic E-state index is 6.05. The highest BCUT2D eigenvalue weighted by molar-refractivity contribution is 6.42. The van der Waals surface area contributed by atoms with E-state index in [1.165, 1.54) is 11.1 Å². The van der Waals surface area contributed by atoms with Gasteiger partial charge in [0.15, 0.2) is 0 Å². The zero-order valence-electron chi connectivity index (χ0n) is 14.6. The van der Waals surface area contributed by atoms with Gasteiger partial charge in [-0.15, -0.1) is 0 Å². The highest BCUT2D eigenvalue weighted by Gasteiger charge is 2.05. The monoisotopic (exact) mass is 385 g/mol. The second kappa shape index (κ2) is 9.09. The lowest BCUT2D eigenvalue weighted by molar-refractivity contribution is 0.306. The van der Waals surface area contributed by atoms with Crippen LogP contribution in [0, 0.1) is 0 Å². The fourth-order valence-corrected chi connectivity index (χ4v) is 2.99. The average molecular weight is 386 g/mol. The second-order valence-corrected chi connectivity index (χ2v) is 7.01. The molecule has 0 fully saturated rings. The fourth-order valence-electron chi connectivity index (χ4n) is 2.67. The van der Waals surface area contributed by atoms with Gasteiger partial charge in [-0.1, -0.05) is 71.7 Å².